The molecule has 0 heterocycles. The Balaban J connectivity index is 2.15. The molecule has 0 radical (unpaired) electrons. The second kappa shape index (κ2) is 11.6. The molecule has 3 heteroatoms. The Hall–Kier alpha value is -1.06. The van der Waals surface area contributed by atoms with E-state index in [4.69, 9.17) is 9.47 Å². The third-order valence-electron chi connectivity index (χ3n) is 3.77. The van der Waals surface area contributed by atoms with E-state index < -0.39 is 0 Å². The summed E-state index contributed by atoms with van der Waals surface area (Å²) in [6.45, 7) is 8.20. The topological polar surface area (TPSA) is 30.5 Å². The fourth-order valence-electron chi connectivity index (χ4n) is 2.24. The molecule has 0 aliphatic carbocycles. The van der Waals surface area contributed by atoms with Gasteiger partial charge in [-0.3, -0.25) is 0 Å². The maximum absolute atomic E-state index is 5.96. The Labute approximate surface area is 130 Å². The molecule has 1 atom stereocenters. The van der Waals surface area contributed by atoms with Gasteiger partial charge in [0.1, 0.15) is 5.75 Å². The van der Waals surface area contributed by atoms with Gasteiger partial charge in [0.15, 0.2) is 0 Å². The first kappa shape index (κ1) is 18.0. The smallest absolute Gasteiger partial charge is 0.122 e. The van der Waals surface area contributed by atoms with Crippen LogP contribution in [0.25, 0.3) is 0 Å². The average Bonchev–Trinajstić information content (AvgIpc) is 2.53. The monoisotopic (exact) mass is 293 g/mol. The minimum absolute atomic E-state index is 0.559. The van der Waals surface area contributed by atoms with Crippen LogP contribution in [0.1, 0.15) is 51.0 Å². The molecule has 120 valence electrons. The minimum atomic E-state index is 0.559. The summed E-state index contributed by atoms with van der Waals surface area (Å²) < 4.78 is 11.0. The molecule has 0 spiro atoms. The standard InChI is InChI=1S/C18H31NO2/c1-4-16(2)17-10-5-6-11-18(17)21-15-8-7-12-19-13-9-14-20-3/h5-6,10-11,16,19H,4,7-9,12-15H2,1-3H3. The zero-order chi connectivity index (χ0) is 15.3. The molecule has 0 saturated heterocycles. The molecule has 0 saturated carbocycles. The van der Waals surface area contributed by atoms with Crippen LogP contribution < -0.4 is 10.1 Å². The molecular formula is C18H31NO2. The summed E-state index contributed by atoms with van der Waals surface area (Å²) in [5, 5.41) is 3.42. The second-order valence-corrected chi connectivity index (χ2v) is 5.50. The van der Waals surface area contributed by atoms with Crippen molar-refractivity contribution in [2.45, 2.75) is 45.4 Å². The molecule has 3 nitrogen and oxygen atoms in total. The van der Waals surface area contributed by atoms with Crippen LogP contribution in [0.5, 0.6) is 5.75 Å². The van der Waals surface area contributed by atoms with E-state index in [9.17, 15) is 0 Å². The largest absolute Gasteiger partial charge is 0.493 e. The highest BCUT2D eigenvalue weighted by Crippen LogP contribution is 2.28. The van der Waals surface area contributed by atoms with Crippen LogP contribution in [-0.4, -0.2) is 33.4 Å². The Morgan fingerprint density at radius 3 is 2.57 bits per heavy atom. The molecule has 21 heavy (non-hydrogen) atoms. The van der Waals surface area contributed by atoms with Gasteiger partial charge in [-0.2, -0.15) is 0 Å². The van der Waals surface area contributed by atoms with Crippen molar-refractivity contribution in [3.05, 3.63) is 29.8 Å². The van der Waals surface area contributed by atoms with Crippen LogP contribution in [0.15, 0.2) is 24.3 Å². The zero-order valence-electron chi connectivity index (χ0n) is 13.9. The van der Waals surface area contributed by atoms with E-state index in [1.165, 1.54) is 5.56 Å². The number of nitrogens with one attached hydrogen (secondary N) is 1. The van der Waals surface area contributed by atoms with Gasteiger partial charge in [0.2, 0.25) is 0 Å². The highest BCUT2D eigenvalue weighted by Gasteiger charge is 2.08. The van der Waals surface area contributed by atoms with Crippen molar-refractivity contribution in [2.75, 3.05) is 33.4 Å². The summed E-state index contributed by atoms with van der Waals surface area (Å²) in [5.41, 5.74) is 1.33. The summed E-state index contributed by atoms with van der Waals surface area (Å²) in [6, 6.07) is 8.42. The van der Waals surface area contributed by atoms with Crippen molar-refractivity contribution >= 4 is 0 Å². The number of ether oxygens (including phenoxy) is 2. The SMILES string of the molecule is CCC(C)c1ccccc1OCCCCNCCCOC. The summed E-state index contributed by atoms with van der Waals surface area (Å²) in [6.07, 6.45) is 4.46. The van der Waals surface area contributed by atoms with E-state index in [2.05, 4.69) is 43.4 Å². The summed E-state index contributed by atoms with van der Waals surface area (Å²) in [7, 11) is 1.74. The normalized spacial score (nSPS) is 12.3. The third-order valence-corrected chi connectivity index (χ3v) is 3.77. The second-order valence-electron chi connectivity index (χ2n) is 5.50. The lowest BCUT2D eigenvalue weighted by molar-refractivity contribution is 0.194. The summed E-state index contributed by atoms with van der Waals surface area (Å²) in [5.74, 6) is 1.61. The van der Waals surface area contributed by atoms with Gasteiger partial charge >= 0.3 is 0 Å². The highest BCUT2D eigenvalue weighted by atomic mass is 16.5. The van der Waals surface area contributed by atoms with Crippen molar-refractivity contribution < 1.29 is 9.47 Å². The first-order chi connectivity index (χ1) is 10.3. The Bertz CT molecular complexity index is 368. The molecule has 1 aromatic rings. The lowest BCUT2D eigenvalue weighted by Crippen LogP contribution is -2.18. The van der Waals surface area contributed by atoms with Crippen LogP contribution in [0.3, 0.4) is 0 Å². The quantitative estimate of drug-likeness (QED) is 0.591. The maximum atomic E-state index is 5.96. The summed E-state index contributed by atoms with van der Waals surface area (Å²) >= 11 is 0. The number of benzene rings is 1. The van der Waals surface area contributed by atoms with Crippen molar-refractivity contribution in [1.29, 1.82) is 0 Å². The summed E-state index contributed by atoms with van der Waals surface area (Å²) in [4.78, 5) is 0. The molecular weight excluding hydrogens is 262 g/mol. The number of hydrogen-bond acceptors (Lipinski definition) is 3. The Kier molecular flexibility index (Phi) is 9.92. The average molecular weight is 293 g/mol. The minimum Gasteiger partial charge on any atom is -0.493 e. The van der Waals surface area contributed by atoms with E-state index >= 15 is 0 Å². The van der Waals surface area contributed by atoms with Gasteiger partial charge in [-0.25, -0.2) is 0 Å². The van der Waals surface area contributed by atoms with Crippen molar-refractivity contribution in [3.8, 4) is 5.75 Å². The van der Waals surface area contributed by atoms with Crippen molar-refractivity contribution in [1.82, 2.24) is 5.32 Å². The number of para-hydroxylation sites is 1. The Morgan fingerprint density at radius 1 is 1.05 bits per heavy atom. The van der Waals surface area contributed by atoms with Gasteiger partial charge < -0.3 is 14.8 Å². The predicted molar refractivity (Wildman–Crippen MR) is 89.2 cm³/mol. The van der Waals surface area contributed by atoms with Gasteiger partial charge in [0, 0.05) is 13.7 Å². The van der Waals surface area contributed by atoms with E-state index in [0.29, 0.717) is 5.92 Å². The van der Waals surface area contributed by atoms with Crippen molar-refractivity contribution in [3.63, 3.8) is 0 Å². The van der Waals surface area contributed by atoms with Gasteiger partial charge in [0.05, 0.1) is 6.61 Å². The molecule has 0 fully saturated rings. The molecule has 0 aliphatic heterocycles. The van der Waals surface area contributed by atoms with E-state index in [1.54, 1.807) is 7.11 Å². The molecule has 1 unspecified atom stereocenters. The number of rotatable bonds is 12. The van der Waals surface area contributed by atoms with Gasteiger partial charge in [0.25, 0.3) is 0 Å². The van der Waals surface area contributed by atoms with Gasteiger partial charge in [-0.15, -0.1) is 0 Å². The predicted octanol–water partition coefficient (Wildman–Crippen LogP) is 3.99. The van der Waals surface area contributed by atoms with Crippen molar-refractivity contribution in [2.24, 2.45) is 0 Å². The maximum Gasteiger partial charge on any atom is 0.122 e. The van der Waals surface area contributed by atoms with Crippen LogP contribution in [-0.2, 0) is 4.74 Å². The number of hydrogen-bond donors (Lipinski definition) is 1. The first-order valence-corrected chi connectivity index (χ1v) is 8.21. The zero-order valence-corrected chi connectivity index (χ0v) is 13.9. The lowest BCUT2D eigenvalue weighted by atomic mass is 9.98. The molecule has 1 N–H and O–H groups in total. The Morgan fingerprint density at radius 2 is 1.81 bits per heavy atom. The highest BCUT2D eigenvalue weighted by molar-refractivity contribution is 5.35. The lowest BCUT2D eigenvalue weighted by Gasteiger charge is -2.15. The first-order valence-electron chi connectivity index (χ1n) is 8.21. The van der Waals surface area contributed by atoms with Crippen LogP contribution in [0, 0.1) is 0 Å². The molecule has 0 bridgehead atoms. The molecule has 0 aliphatic rings. The number of unbranched alkanes of at least 4 members (excludes halogenated alkanes) is 1. The fraction of sp³-hybridized carbons (Fsp3) is 0.667. The fourth-order valence-corrected chi connectivity index (χ4v) is 2.24. The molecule has 0 aromatic heterocycles. The van der Waals surface area contributed by atoms with Crippen LogP contribution in [0.4, 0.5) is 0 Å². The van der Waals surface area contributed by atoms with Gasteiger partial charge in [-0.1, -0.05) is 32.0 Å². The van der Waals surface area contributed by atoms with E-state index in [-0.39, 0.29) is 0 Å². The number of methoxy groups -OCH3 is 1. The molecule has 0 amide bonds. The van der Waals surface area contributed by atoms with Crippen LogP contribution >= 0.6 is 0 Å². The van der Waals surface area contributed by atoms with Gasteiger partial charge in [-0.05, 0) is 56.3 Å². The van der Waals surface area contributed by atoms with E-state index in [0.717, 1.165) is 57.7 Å². The van der Waals surface area contributed by atoms with Crippen LogP contribution in [0.2, 0.25) is 0 Å². The van der Waals surface area contributed by atoms with E-state index in [1.807, 2.05) is 0 Å². The molecule has 1 aromatic carbocycles. The third kappa shape index (κ3) is 7.49. The molecule has 1 rings (SSSR count).